The number of thiophene rings is 2. The van der Waals surface area contributed by atoms with Crippen LogP contribution in [0.1, 0.15) is 0 Å². The second-order valence-corrected chi connectivity index (χ2v) is 9.02. The third kappa shape index (κ3) is 2.44. The highest BCUT2D eigenvalue weighted by atomic mass is 33.1. The number of fused-ring (bicyclic) bond motifs is 2. The first-order valence-electron chi connectivity index (χ1n) is 5.90. The van der Waals surface area contributed by atoms with Crippen molar-refractivity contribution in [2.75, 3.05) is 0 Å². The molecule has 0 fully saturated rings. The molecule has 4 aromatic heterocycles. The van der Waals surface area contributed by atoms with Gasteiger partial charge in [-0.05, 0) is 45.9 Å². The molecule has 0 spiro atoms. The summed E-state index contributed by atoms with van der Waals surface area (Å²) in [6, 6.07) is 8.55. The molecule has 4 heterocycles. The summed E-state index contributed by atoms with van der Waals surface area (Å²) in [6.07, 6.45) is 7.54. The van der Waals surface area contributed by atoms with E-state index in [0.717, 1.165) is 0 Å². The van der Waals surface area contributed by atoms with Gasteiger partial charge in [-0.2, -0.15) is 0 Å². The molecule has 0 N–H and O–H groups in total. The van der Waals surface area contributed by atoms with Crippen molar-refractivity contribution in [1.82, 2.24) is 9.97 Å². The Hall–Kier alpha value is -1.08. The normalized spacial score (nSPS) is 11.4. The van der Waals surface area contributed by atoms with E-state index in [4.69, 9.17) is 0 Å². The third-order valence-corrected chi connectivity index (χ3v) is 8.22. The van der Waals surface area contributed by atoms with Crippen molar-refractivity contribution < 1.29 is 0 Å². The second-order valence-electron chi connectivity index (χ2n) is 4.12. The Bertz CT molecular complexity index is 741. The van der Waals surface area contributed by atoms with Crippen molar-refractivity contribution in [3.63, 3.8) is 0 Å². The molecular weight excluding hydrogens is 324 g/mol. The quantitative estimate of drug-likeness (QED) is 0.449. The maximum atomic E-state index is 4.16. The van der Waals surface area contributed by atoms with Gasteiger partial charge < -0.3 is 0 Å². The number of aromatic nitrogens is 2. The zero-order valence-electron chi connectivity index (χ0n) is 10.1. The minimum absolute atomic E-state index is 1.22. The van der Waals surface area contributed by atoms with Gasteiger partial charge in [-0.25, -0.2) is 0 Å². The van der Waals surface area contributed by atoms with Crippen LogP contribution in [-0.4, -0.2) is 9.97 Å². The van der Waals surface area contributed by atoms with Gasteiger partial charge >= 0.3 is 0 Å². The smallest absolute Gasteiger partial charge is 0.0723 e. The van der Waals surface area contributed by atoms with E-state index in [1.54, 1.807) is 0 Å². The summed E-state index contributed by atoms with van der Waals surface area (Å²) < 4.78 is 5.22. The van der Waals surface area contributed by atoms with Gasteiger partial charge in [0.1, 0.15) is 0 Å². The SMILES string of the molecule is c1cc2sc(SSc3cc4cnccc4s3)cc2cn1. The molecule has 0 aliphatic carbocycles. The predicted molar refractivity (Wildman–Crippen MR) is 91.0 cm³/mol. The molecule has 0 atom stereocenters. The Morgan fingerprint density at radius 3 is 1.70 bits per heavy atom. The van der Waals surface area contributed by atoms with Gasteiger partial charge in [0.2, 0.25) is 0 Å². The number of nitrogens with zero attached hydrogens (tertiary/aromatic N) is 2. The highest BCUT2D eigenvalue weighted by Gasteiger charge is 2.06. The first-order chi connectivity index (χ1) is 9.88. The van der Waals surface area contributed by atoms with E-state index in [1.807, 2.05) is 69.0 Å². The molecule has 0 radical (unpaired) electrons. The van der Waals surface area contributed by atoms with Crippen LogP contribution in [0.2, 0.25) is 0 Å². The largest absolute Gasteiger partial charge is 0.264 e. The highest BCUT2D eigenvalue weighted by molar-refractivity contribution is 8.77. The van der Waals surface area contributed by atoms with Crippen LogP contribution < -0.4 is 0 Å². The standard InChI is InChI=1S/C14H8N2S4/c1-3-15-7-9-5-13(17-11(1)9)19-20-14-6-10-8-16-4-2-12(10)18-14/h1-8H. The summed E-state index contributed by atoms with van der Waals surface area (Å²) in [6.45, 7) is 0. The average Bonchev–Trinajstić information content (AvgIpc) is 3.07. The molecule has 0 saturated heterocycles. The monoisotopic (exact) mass is 332 g/mol. The van der Waals surface area contributed by atoms with E-state index >= 15 is 0 Å². The van der Waals surface area contributed by atoms with Gasteiger partial charge in [-0.3, -0.25) is 9.97 Å². The average molecular weight is 333 g/mol. The molecule has 2 nitrogen and oxygen atoms in total. The lowest BCUT2D eigenvalue weighted by molar-refractivity contribution is 1.37. The Morgan fingerprint density at radius 1 is 0.750 bits per heavy atom. The number of pyridine rings is 2. The molecule has 4 rings (SSSR count). The Morgan fingerprint density at radius 2 is 1.25 bits per heavy atom. The van der Waals surface area contributed by atoms with Crippen LogP contribution in [0.15, 0.2) is 57.5 Å². The number of rotatable bonds is 3. The number of hydrogen-bond acceptors (Lipinski definition) is 6. The molecule has 0 aromatic carbocycles. The fraction of sp³-hybridized carbons (Fsp3) is 0. The van der Waals surface area contributed by atoms with Crippen molar-refractivity contribution in [2.45, 2.75) is 8.42 Å². The van der Waals surface area contributed by atoms with Crippen LogP contribution in [0.25, 0.3) is 20.2 Å². The molecule has 4 aromatic rings. The van der Waals surface area contributed by atoms with Crippen molar-refractivity contribution >= 4 is 64.4 Å². The third-order valence-electron chi connectivity index (χ3n) is 2.79. The molecule has 98 valence electrons. The predicted octanol–water partition coefficient (Wildman–Crippen LogP) is 5.71. The minimum Gasteiger partial charge on any atom is -0.264 e. The van der Waals surface area contributed by atoms with E-state index in [-0.39, 0.29) is 0 Å². The number of hydrogen-bond donors (Lipinski definition) is 0. The van der Waals surface area contributed by atoms with Gasteiger partial charge in [0, 0.05) is 45.0 Å². The summed E-state index contributed by atoms with van der Waals surface area (Å²) in [4.78, 5) is 8.32. The molecule has 0 saturated carbocycles. The van der Waals surface area contributed by atoms with E-state index in [9.17, 15) is 0 Å². The molecule has 0 aliphatic rings. The summed E-state index contributed by atoms with van der Waals surface area (Å²) in [5.74, 6) is 0. The summed E-state index contributed by atoms with van der Waals surface area (Å²) in [7, 11) is 3.62. The van der Waals surface area contributed by atoms with Gasteiger partial charge in [-0.1, -0.05) is 0 Å². The zero-order valence-corrected chi connectivity index (χ0v) is 13.4. The second kappa shape index (κ2) is 5.37. The fourth-order valence-electron chi connectivity index (χ4n) is 1.88. The zero-order chi connectivity index (χ0) is 13.4. The summed E-state index contributed by atoms with van der Waals surface area (Å²) >= 11 is 3.64. The maximum absolute atomic E-state index is 4.16. The molecule has 0 bridgehead atoms. The molecule has 0 amide bonds. The fourth-order valence-corrected chi connectivity index (χ4v) is 6.74. The van der Waals surface area contributed by atoms with Gasteiger partial charge in [0.05, 0.1) is 8.42 Å². The first kappa shape index (κ1) is 12.6. The van der Waals surface area contributed by atoms with Crippen LogP contribution >= 0.6 is 44.3 Å². The van der Waals surface area contributed by atoms with E-state index < -0.39 is 0 Å². The summed E-state index contributed by atoms with van der Waals surface area (Å²) in [5, 5.41) is 2.45. The lowest BCUT2D eigenvalue weighted by Crippen LogP contribution is -1.64. The molecule has 6 heteroatoms. The van der Waals surface area contributed by atoms with Gasteiger partial charge in [0.15, 0.2) is 0 Å². The van der Waals surface area contributed by atoms with Crippen molar-refractivity contribution in [2.24, 2.45) is 0 Å². The highest BCUT2D eigenvalue weighted by Crippen LogP contribution is 2.45. The van der Waals surface area contributed by atoms with E-state index in [2.05, 4.69) is 34.2 Å². The van der Waals surface area contributed by atoms with E-state index in [1.165, 1.54) is 28.6 Å². The Labute approximate surface area is 131 Å². The van der Waals surface area contributed by atoms with Crippen molar-refractivity contribution in [3.05, 3.63) is 49.1 Å². The molecular formula is C14H8N2S4. The first-order valence-corrected chi connectivity index (χ1v) is 9.68. The van der Waals surface area contributed by atoms with Crippen LogP contribution in [-0.2, 0) is 0 Å². The lowest BCUT2D eigenvalue weighted by Gasteiger charge is -1.92. The molecule has 0 unspecified atom stereocenters. The van der Waals surface area contributed by atoms with Crippen LogP contribution in [0, 0.1) is 0 Å². The van der Waals surface area contributed by atoms with E-state index in [0.29, 0.717) is 0 Å². The van der Waals surface area contributed by atoms with Crippen LogP contribution in [0.3, 0.4) is 0 Å². The lowest BCUT2D eigenvalue weighted by atomic mass is 10.4. The van der Waals surface area contributed by atoms with Crippen molar-refractivity contribution in [3.8, 4) is 0 Å². The van der Waals surface area contributed by atoms with Crippen LogP contribution in [0.4, 0.5) is 0 Å². The Kier molecular flexibility index (Phi) is 3.39. The molecule has 0 aliphatic heterocycles. The Balaban J connectivity index is 1.57. The van der Waals surface area contributed by atoms with Crippen molar-refractivity contribution in [1.29, 1.82) is 0 Å². The van der Waals surface area contributed by atoms with Gasteiger partial charge in [0.25, 0.3) is 0 Å². The van der Waals surface area contributed by atoms with Crippen LogP contribution in [0.5, 0.6) is 0 Å². The minimum atomic E-state index is 1.22. The molecule has 20 heavy (non-hydrogen) atoms. The summed E-state index contributed by atoms with van der Waals surface area (Å²) in [5.41, 5.74) is 0. The van der Waals surface area contributed by atoms with Gasteiger partial charge in [-0.15, -0.1) is 22.7 Å². The topological polar surface area (TPSA) is 25.8 Å². The maximum Gasteiger partial charge on any atom is 0.0723 e.